The van der Waals surface area contributed by atoms with Gasteiger partial charge in [0.1, 0.15) is 29.7 Å². The van der Waals surface area contributed by atoms with Crippen LogP contribution >= 0.6 is 0 Å². The van der Waals surface area contributed by atoms with Crippen LogP contribution in [0.2, 0.25) is 0 Å². The number of pyridine rings is 1. The van der Waals surface area contributed by atoms with E-state index in [4.69, 9.17) is 0 Å². The summed E-state index contributed by atoms with van der Waals surface area (Å²) in [4.78, 5) is 39.8. The summed E-state index contributed by atoms with van der Waals surface area (Å²) >= 11 is 0. The van der Waals surface area contributed by atoms with E-state index in [1.165, 1.54) is 4.68 Å². The van der Waals surface area contributed by atoms with E-state index < -0.39 is 58.1 Å². The Labute approximate surface area is 180 Å². The van der Waals surface area contributed by atoms with E-state index in [1.54, 1.807) is 9.91 Å². The molecular formula is C21H21F3N4O4. The molecule has 0 saturated carbocycles. The SMILES string of the molecule is C[C@H]1CC[C@H](C)N2CN1C(=O)c1c(O)c(=O)c(C(=O)NCc3c(F)cc(F)cc3F)cn12. The molecule has 0 aliphatic carbocycles. The average molecular weight is 450 g/mol. The van der Waals surface area contributed by atoms with Crippen molar-refractivity contribution in [3.8, 4) is 5.75 Å². The molecule has 0 unspecified atom stereocenters. The van der Waals surface area contributed by atoms with Gasteiger partial charge in [-0.25, -0.2) is 13.2 Å². The molecule has 3 heterocycles. The molecule has 1 aromatic carbocycles. The normalized spacial score (nSPS) is 20.1. The third-order valence-electron chi connectivity index (χ3n) is 6.02. The van der Waals surface area contributed by atoms with Crippen molar-refractivity contribution in [2.24, 2.45) is 0 Å². The van der Waals surface area contributed by atoms with Crippen LogP contribution in [0.15, 0.2) is 23.1 Å². The van der Waals surface area contributed by atoms with Crippen LogP contribution in [0.4, 0.5) is 13.2 Å². The van der Waals surface area contributed by atoms with Crippen LogP contribution < -0.4 is 15.8 Å². The van der Waals surface area contributed by atoms with Gasteiger partial charge in [0.05, 0.1) is 0 Å². The predicted octanol–water partition coefficient (Wildman–Crippen LogP) is 1.82. The Hall–Kier alpha value is -3.50. The second-order valence-electron chi connectivity index (χ2n) is 8.08. The summed E-state index contributed by atoms with van der Waals surface area (Å²) in [6.07, 6.45) is 2.61. The average Bonchev–Trinajstić information content (AvgIpc) is 2.85. The van der Waals surface area contributed by atoms with Crippen molar-refractivity contribution >= 4 is 11.8 Å². The van der Waals surface area contributed by atoms with Crippen LogP contribution in [-0.4, -0.2) is 45.2 Å². The number of halogens is 3. The number of carbonyl (C=O) groups excluding carboxylic acids is 2. The molecule has 2 amide bonds. The highest BCUT2D eigenvalue weighted by atomic mass is 19.1. The van der Waals surface area contributed by atoms with E-state index in [0.717, 1.165) is 19.0 Å². The van der Waals surface area contributed by atoms with Gasteiger partial charge in [-0.15, -0.1) is 0 Å². The van der Waals surface area contributed by atoms with E-state index in [-0.39, 0.29) is 24.4 Å². The number of amides is 2. The lowest BCUT2D eigenvalue weighted by Crippen LogP contribution is -2.57. The zero-order chi connectivity index (χ0) is 23.3. The summed E-state index contributed by atoms with van der Waals surface area (Å²) < 4.78 is 42.1. The largest absolute Gasteiger partial charge is 0.502 e. The fourth-order valence-corrected chi connectivity index (χ4v) is 4.06. The van der Waals surface area contributed by atoms with Crippen LogP contribution in [0, 0.1) is 17.5 Å². The highest BCUT2D eigenvalue weighted by Crippen LogP contribution is 2.28. The van der Waals surface area contributed by atoms with Crippen LogP contribution in [0.1, 0.15) is 53.1 Å². The minimum absolute atomic E-state index is 0.0606. The van der Waals surface area contributed by atoms with Gasteiger partial charge in [0, 0.05) is 42.5 Å². The number of nitrogens with one attached hydrogen (secondary N) is 1. The Kier molecular flexibility index (Phi) is 5.35. The zero-order valence-electron chi connectivity index (χ0n) is 17.4. The summed E-state index contributed by atoms with van der Waals surface area (Å²) in [5.41, 5.74) is -2.40. The lowest BCUT2D eigenvalue weighted by Gasteiger charge is -2.41. The standard InChI is InChI=1S/C21H21F3N4O4/c1-10-3-4-11(2)28-9-26(10)21(32)17-19(30)18(29)14(8-27(17)28)20(31)25-7-13-15(23)5-12(22)6-16(13)24/h5-6,8,10-11,30H,3-4,7,9H2,1-2H3,(H,25,31)/t10-,11-/m0/s1. The first-order valence-corrected chi connectivity index (χ1v) is 10.1. The number of nitrogens with zero attached hydrogens (tertiary/aromatic N) is 3. The van der Waals surface area contributed by atoms with E-state index >= 15 is 0 Å². The maximum absolute atomic E-state index is 13.8. The number of aromatic nitrogens is 1. The Morgan fingerprint density at radius 2 is 1.75 bits per heavy atom. The summed E-state index contributed by atoms with van der Waals surface area (Å²) in [5, 5.41) is 14.5. The molecule has 1 aromatic heterocycles. The molecule has 1 saturated heterocycles. The van der Waals surface area contributed by atoms with Crippen LogP contribution in [-0.2, 0) is 6.54 Å². The Bertz CT molecular complexity index is 1160. The van der Waals surface area contributed by atoms with E-state index in [9.17, 15) is 32.7 Å². The number of fused-ring (bicyclic) bond motifs is 4. The molecule has 1 fully saturated rings. The molecule has 170 valence electrons. The molecule has 4 rings (SSSR count). The maximum Gasteiger partial charge on any atom is 0.278 e. The van der Waals surface area contributed by atoms with Crippen LogP contribution in [0.5, 0.6) is 5.75 Å². The minimum atomic E-state index is -1.19. The fraction of sp³-hybridized carbons (Fsp3) is 0.381. The summed E-state index contributed by atoms with van der Waals surface area (Å²) in [6, 6.07) is 0.795. The molecular weight excluding hydrogens is 429 g/mol. The van der Waals surface area contributed by atoms with Crippen LogP contribution in [0.25, 0.3) is 0 Å². The number of rotatable bonds is 3. The Morgan fingerprint density at radius 1 is 1.12 bits per heavy atom. The van der Waals surface area contributed by atoms with Gasteiger partial charge >= 0.3 is 0 Å². The molecule has 2 aliphatic rings. The molecule has 0 radical (unpaired) electrons. The second-order valence-corrected chi connectivity index (χ2v) is 8.08. The maximum atomic E-state index is 13.8. The van der Waals surface area contributed by atoms with Gasteiger partial charge in [-0.05, 0) is 26.7 Å². The first-order chi connectivity index (χ1) is 15.1. The van der Waals surface area contributed by atoms with Crippen molar-refractivity contribution in [2.75, 3.05) is 11.7 Å². The van der Waals surface area contributed by atoms with Gasteiger partial charge in [0.2, 0.25) is 5.43 Å². The van der Waals surface area contributed by atoms with Gasteiger partial charge in [-0.2, -0.15) is 0 Å². The topological polar surface area (TPSA) is 94.9 Å². The molecule has 32 heavy (non-hydrogen) atoms. The number of carbonyl (C=O) groups is 2. The Balaban J connectivity index is 1.70. The first kappa shape index (κ1) is 21.7. The van der Waals surface area contributed by atoms with Gasteiger partial charge in [0.25, 0.3) is 11.8 Å². The van der Waals surface area contributed by atoms with Gasteiger partial charge < -0.3 is 15.3 Å². The summed E-state index contributed by atoms with van der Waals surface area (Å²) in [7, 11) is 0. The molecule has 0 spiro atoms. The lowest BCUT2D eigenvalue weighted by atomic mass is 10.1. The van der Waals surface area contributed by atoms with Gasteiger partial charge in [-0.3, -0.25) is 24.1 Å². The minimum Gasteiger partial charge on any atom is -0.502 e. The van der Waals surface area contributed by atoms with Gasteiger partial charge in [-0.1, -0.05) is 0 Å². The van der Waals surface area contributed by atoms with E-state index in [1.807, 2.05) is 13.8 Å². The Morgan fingerprint density at radius 3 is 2.41 bits per heavy atom. The van der Waals surface area contributed by atoms with Crippen molar-refractivity contribution in [3.63, 3.8) is 0 Å². The molecule has 2 bridgehead atoms. The lowest BCUT2D eigenvalue weighted by molar-refractivity contribution is 0.0627. The third-order valence-corrected chi connectivity index (χ3v) is 6.02. The third kappa shape index (κ3) is 3.47. The molecule has 2 N–H and O–H groups in total. The number of hydrogen-bond donors (Lipinski definition) is 2. The smallest absolute Gasteiger partial charge is 0.278 e. The number of aromatic hydroxyl groups is 1. The quantitative estimate of drug-likeness (QED) is 0.744. The van der Waals surface area contributed by atoms with Crippen LogP contribution in [0.3, 0.4) is 0 Å². The number of hydrogen-bond acceptors (Lipinski definition) is 5. The van der Waals surface area contributed by atoms with Crippen molar-refractivity contribution in [2.45, 2.75) is 45.3 Å². The molecule has 8 nitrogen and oxygen atoms in total. The number of benzene rings is 1. The molecule has 11 heteroatoms. The molecule has 2 aliphatic heterocycles. The highest BCUT2D eigenvalue weighted by molar-refractivity contribution is 5.99. The van der Waals surface area contributed by atoms with Gasteiger partial charge in [0.15, 0.2) is 11.4 Å². The first-order valence-electron chi connectivity index (χ1n) is 10.1. The van der Waals surface area contributed by atoms with E-state index in [2.05, 4.69) is 5.32 Å². The summed E-state index contributed by atoms with van der Waals surface area (Å²) in [6.45, 7) is 3.37. The molecule has 2 atom stereocenters. The zero-order valence-corrected chi connectivity index (χ0v) is 17.4. The second kappa shape index (κ2) is 7.88. The monoisotopic (exact) mass is 450 g/mol. The fourth-order valence-electron chi connectivity index (χ4n) is 4.06. The predicted molar refractivity (Wildman–Crippen MR) is 107 cm³/mol. The van der Waals surface area contributed by atoms with Crippen molar-refractivity contribution < 1.29 is 27.9 Å². The van der Waals surface area contributed by atoms with Crippen molar-refractivity contribution in [1.29, 1.82) is 0 Å². The summed E-state index contributed by atoms with van der Waals surface area (Å²) in [5.74, 6) is -5.89. The van der Waals surface area contributed by atoms with Crippen molar-refractivity contribution in [3.05, 3.63) is 62.8 Å². The van der Waals surface area contributed by atoms with E-state index in [0.29, 0.717) is 12.1 Å². The molecule has 2 aromatic rings. The highest BCUT2D eigenvalue weighted by Gasteiger charge is 2.39. The van der Waals surface area contributed by atoms with Crippen molar-refractivity contribution in [1.82, 2.24) is 14.9 Å².